The van der Waals surface area contributed by atoms with E-state index in [2.05, 4.69) is 30.7 Å². The summed E-state index contributed by atoms with van der Waals surface area (Å²) in [6, 6.07) is 2.99. The molecule has 208 valence electrons. The van der Waals surface area contributed by atoms with E-state index in [0.29, 0.717) is 24.4 Å². The number of carboxylic acid groups (broad SMARTS) is 1. The van der Waals surface area contributed by atoms with Gasteiger partial charge in [-0.1, -0.05) is 19.3 Å². The Kier molecular flexibility index (Phi) is 11.1. The van der Waals surface area contributed by atoms with Gasteiger partial charge in [0.1, 0.15) is 11.6 Å². The monoisotopic (exact) mass is 516 g/mol. The predicted molar refractivity (Wildman–Crippen MR) is 149 cm³/mol. The van der Waals surface area contributed by atoms with Gasteiger partial charge in [-0.2, -0.15) is 9.97 Å². The second-order valence-electron chi connectivity index (χ2n) is 11.2. The summed E-state index contributed by atoms with van der Waals surface area (Å²) in [4.78, 5) is 24.5. The second kappa shape index (κ2) is 14.7. The number of rotatable bonds is 13. The first kappa shape index (κ1) is 27.9. The fourth-order valence-corrected chi connectivity index (χ4v) is 5.96. The lowest BCUT2D eigenvalue weighted by atomic mass is 9.86. The van der Waals surface area contributed by atoms with Crippen LogP contribution in [0.25, 0.3) is 0 Å². The fourth-order valence-electron chi connectivity index (χ4n) is 5.96. The number of nitrogens with two attached hydrogens (primary N) is 1. The molecule has 1 aromatic rings. The molecule has 10 heteroatoms. The summed E-state index contributed by atoms with van der Waals surface area (Å²) in [5.74, 6) is 1.96. The average Bonchev–Trinajstić information content (AvgIpc) is 2.91. The number of anilines is 3. The summed E-state index contributed by atoms with van der Waals surface area (Å²) >= 11 is 0. The standard InChI is InChI=1S/C27H48N8O2/c28-24-19-25(35-17-15-34(16-18-35)14-11-26(36)37)33-27(32-24)31-23-9-7-21(8-10-23)20-29-12-4-13-30-22-5-2-1-3-6-22/h19,21-23,29-30H,1-18,20H2,(H,36,37)(H3,28,31,32,33). The first-order chi connectivity index (χ1) is 18.0. The Morgan fingerprint density at radius 2 is 1.73 bits per heavy atom. The lowest BCUT2D eigenvalue weighted by Crippen LogP contribution is -2.47. The zero-order chi connectivity index (χ0) is 25.9. The maximum atomic E-state index is 10.8. The first-order valence-electron chi connectivity index (χ1n) is 14.6. The summed E-state index contributed by atoms with van der Waals surface area (Å²) in [5, 5.41) is 19.9. The smallest absolute Gasteiger partial charge is 0.304 e. The van der Waals surface area contributed by atoms with Crippen LogP contribution in [0, 0.1) is 5.92 Å². The highest BCUT2D eigenvalue weighted by atomic mass is 16.4. The Labute approximate surface area is 222 Å². The van der Waals surface area contributed by atoms with Crippen LogP contribution in [-0.4, -0.2) is 90.4 Å². The normalized spacial score (nSPS) is 23.7. The van der Waals surface area contributed by atoms with Crippen molar-refractivity contribution in [1.29, 1.82) is 0 Å². The molecule has 0 radical (unpaired) electrons. The predicted octanol–water partition coefficient (Wildman–Crippen LogP) is 2.53. The molecular formula is C27H48N8O2. The molecule has 4 rings (SSSR count). The lowest BCUT2D eigenvalue weighted by Gasteiger charge is -2.35. The number of nitrogens with zero attached hydrogens (tertiary/aromatic N) is 4. The van der Waals surface area contributed by atoms with E-state index in [1.54, 1.807) is 0 Å². The molecule has 2 aliphatic carbocycles. The van der Waals surface area contributed by atoms with Crippen molar-refractivity contribution in [2.75, 3.05) is 68.3 Å². The van der Waals surface area contributed by atoms with Gasteiger partial charge in [0.05, 0.1) is 6.42 Å². The Bertz CT molecular complexity index is 819. The SMILES string of the molecule is Nc1cc(N2CCN(CCC(=O)O)CC2)nc(NC2CCC(CNCCCNC3CCCCC3)CC2)n1. The zero-order valence-electron chi connectivity index (χ0n) is 22.5. The van der Waals surface area contributed by atoms with Crippen LogP contribution >= 0.6 is 0 Å². The van der Waals surface area contributed by atoms with Crippen LogP contribution in [0.2, 0.25) is 0 Å². The van der Waals surface area contributed by atoms with E-state index in [1.807, 2.05) is 6.07 Å². The van der Waals surface area contributed by atoms with Crippen LogP contribution in [0.5, 0.6) is 0 Å². The number of aromatic nitrogens is 2. The van der Waals surface area contributed by atoms with Crippen molar-refractivity contribution in [1.82, 2.24) is 25.5 Å². The molecule has 3 fully saturated rings. The number of carbonyl (C=O) groups is 1. The lowest BCUT2D eigenvalue weighted by molar-refractivity contribution is -0.137. The number of aliphatic carboxylic acids is 1. The van der Waals surface area contributed by atoms with Crippen LogP contribution in [0.15, 0.2) is 6.07 Å². The van der Waals surface area contributed by atoms with Gasteiger partial charge in [-0.25, -0.2) is 0 Å². The topological polar surface area (TPSA) is 132 Å². The van der Waals surface area contributed by atoms with E-state index >= 15 is 0 Å². The summed E-state index contributed by atoms with van der Waals surface area (Å²) in [6.45, 7) is 7.23. The molecule has 1 aliphatic heterocycles. The molecule has 2 saturated carbocycles. The quantitative estimate of drug-likeness (QED) is 0.249. The molecule has 10 nitrogen and oxygen atoms in total. The number of piperazine rings is 1. The van der Waals surface area contributed by atoms with Gasteiger partial charge in [0.25, 0.3) is 0 Å². The summed E-state index contributed by atoms with van der Waals surface area (Å²) in [7, 11) is 0. The molecule has 0 aromatic carbocycles. The molecule has 0 bridgehead atoms. The van der Waals surface area contributed by atoms with Crippen LogP contribution in [-0.2, 0) is 4.79 Å². The van der Waals surface area contributed by atoms with Crippen molar-refractivity contribution in [2.24, 2.45) is 5.92 Å². The average molecular weight is 517 g/mol. The van der Waals surface area contributed by atoms with Crippen molar-refractivity contribution in [3.63, 3.8) is 0 Å². The van der Waals surface area contributed by atoms with Gasteiger partial charge in [-0.3, -0.25) is 9.69 Å². The third kappa shape index (κ3) is 9.57. The second-order valence-corrected chi connectivity index (χ2v) is 11.2. The van der Waals surface area contributed by atoms with Gasteiger partial charge in [0.2, 0.25) is 5.95 Å². The Hall–Kier alpha value is -2.17. The molecule has 0 amide bonds. The van der Waals surface area contributed by atoms with E-state index in [-0.39, 0.29) is 6.42 Å². The number of carboxylic acids is 1. The van der Waals surface area contributed by atoms with Crippen LogP contribution < -0.4 is 26.6 Å². The largest absolute Gasteiger partial charge is 0.481 e. The Morgan fingerprint density at radius 1 is 0.973 bits per heavy atom. The fraction of sp³-hybridized carbons (Fsp3) is 0.815. The molecule has 2 heterocycles. The Balaban J connectivity index is 1.11. The minimum absolute atomic E-state index is 0.185. The molecule has 1 aromatic heterocycles. The van der Waals surface area contributed by atoms with E-state index in [9.17, 15) is 4.79 Å². The molecule has 1 saturated heterocycles. The number of hydrogen-bond acceptors (Lipinski definition) is 9. The van der Waals surface area contributed by atoms with E-state index in [4.69, 9.17) is 15.8 Å². The minimum Gasteiger partial charge on any atom is -0.481 e. The van der Waals surface area contributed by atoms with Crippen molar-refractivity contribution < 1.29 is 9.90 Å². The van der Waals surface area contributed by atoms with Crippen LogP contribution in [0.1, 0.15) is 70.6 Å². The van der Waals surface area contributed by atoms with Crippen molar-refractivity contribution in [3.05, 3.63) is 6.07 Å². The van der Waals surface area contributed by atoms with Crippen molar-refractivity contribution in [3.8, 4) is 0 Å². The molecule has 37 heavy (non-hydrogen) atoms. The van der Waals surface area contributed by atoms with Gasteiger partial charge in [-0.15, -0.1) is 0 Å². The highest BCUT2D eigenvalue weighted by Crippen LogP contribution is 2.27. The molecular weight excluding hydrogens is 468 g/mol. The van der Waals surface area contributed by atoms with Crippen molar-refractivity contribution in [2.45, 2.75) is 82.7 Å². The van der Waals surface area contributed by atoms with Gasteiger partial charge in [0.15, 0.2) is 0 Å². The minimum atomic E-state index is -0.746. The highest BCUT2D eigenvalue weighted by Gasteiger charge is 2.23. The molecule has 0 spiro atoms. The highest BCUT2D eigenvalue weighted by molar-refractivity contribution is 5.66. The van der Waals surface area contributed by atoms with Gasteiger partial charge in [-0.05, 0) is 70.5 Å². The summed E-state index contributed by atoms with van der Waals surface area (Å²) < 4.78 is 0. The summed E-state index contributed by atoms with van der Waals surface area (Å²) in [5.41, 5.74) is 6.13. The maximum absolute atomic E-state index is 10.8. The zero-order valence-corrected chi connectivity index (χ0v) is 22.5. The number of nitrogens with one attached hydrogen (secondary N) is 3. The van der Waals surface area contributed by atoms with Crippen LogP contribution in [0.3, 0.4) is 0 Å². The first-order valence-corrected chi connectivity index (χ1v) is 14.6. The van der Waals surface area contributed by atoms with Gasteiger partial charge >= 0.3 is 5.97 Å². The molecule has 3 aliphatic rings. The Morgan fingerprint density at radius 3 is 2.46 bits per heavy atom. The van der Waals surface area contributed by atoms with E-state index < -0.39 is 5.97 Å². The van der Waals surface area contributed by atoms with Crippen molar-refractivity contribution >= 4 is 23.6 Å². The molecule has 6 N–H and O–H groups in total. The third-order valence-corrected chi connectivity index (χ3v) is 8.25. The van der Waals surface area contributed by atoms with Crippen LogP contribution in [0.4, 0.5) is 17.6 Å². The molecule has 0 unspecified atom stereocenters. The van der Waals surface area contributed by atoms with Gasteiger partial charge < -0.3 is 31.7 Å². The van der Waals surface area contributed by atoms with E-state index in [0.717, 1.165) is 76.4 Å². The maximum Gasteiger partial charge on any atom is 0.304 e. The van der Waals surface area contributed by atoms with Gasteiger partial charge in [0, 0.05) is 50.9 Å². The third-order valence-electron chi connectivity index (χ3n) is 8.25. The molecule has 0 atom stereocenters. The van der Waals surface area contributed by atoms with E-state index in [1.165, 1.54) is 51.4 Å². The number of hydrogen-bond donors (Lipinski definition) is 5. The number of nitrogen functional groups attached to an aromatic ring is 1. The summed E-state index contributed by atoms with van der Waals surface area (Å²) in [6.07, 6.45) is 13.0.